The zero-order valence-electron chi connectivity index (χ0n) is 14.5. The summed E-state index contributed by atoms with van der Waals surface area (Å²) in [7, 11) is 3.26. The van der Waals surface area contributed by atoms with Crippen molar-refractivity contribution in [1.29, 1.82) is 0 Å². The fourth-order valence-corrected chi connectivity index (χ4v) is 4.04. The van der Waals surface area contributed by atoms with E-state index in [1.807, 2.05) is 18.2 Å². The molecule has 2 aliphatic rings. The predicted molar refractivity (Wildman–Crippen MR) is 104 cm³/mol. The number of halogens is 2. The Morgan fingerprint density at radius 3 is 2.48 bits per heavy atom. The van der Waals surface area contributed by atoms with Crippen LogP contribution in [0.25, 0.3) is 0 Å². The Hall–Kier alpha value is -1.27. The van der Waals surface area contributed by atoms with Crippen molar-refractivity contribution in [1.82, 2.24) is 5.01 Å². The fourth-order valence-electron chi connectivity index (χ4n) is 3.71. The van der Waals surface area contributed by atoms with Crippen LogP contribution in [0.4, 0.5) is 0 Å². The molecule has 1 aromatic rings. The molecule has 1 heterocycles. The predicted octanol–water partition coefficient (Wildman–Crippen LogP) is 3.87. The van der Waals surface area contributed by atoms with Gasteiger partial charge >= 0.3 is 0 Å². The lowest BCUT2D eigenvalue weighted by Gasteiger charge is -2.38. The summed E-state index contributed by atoms with van der Waals surface area (Å²) in [5, 5.41) is 7.07. The molecule has 7 heteroatoms. The lowest BCUT2D eigenvalue weighted by molar-refractivity contribution is -0.138. The zero-order chi connectivity index (χ0) is 17.1. The second kappa shape index (κ2) is 8.90. The van der Waals surface area contributed by atoms with E-state index < -0.39 is 0 Å². The monoisotopic (exact) mass is 430 g/mol. The van der Waals surface area contributed by atoms with Crippen LogP contribution < -0.4 is 9.47 Å². The number of methoxy groups -OCH3 is 2. The van der Waals surface area contributed by atoms with Crippen molar-refractivity contribution >= 4 is 40.0 Å². The summed E-state index contributed by atoms with van der Waals surface area (Å²) in [5.74, 6) is 1.82. The number of hydrazone groups is 1. The van der Waals surface area contributed by atoms with E-state index in [0.29, 0.717) is 18.0 Å². The van der Waals surface area contributed by atoms with Crippen LogP contribution in [0.2, 0.25) is 0 Å². The third kappa shape index (κ3) is 3.95. The summed E-state index contributed by atoms with van der Waals surface area (Å²) in [6, 6.07) is 5.87. The molecule has 0 radical (unpaired) electrons. The van der Waals surface area contributed by atoms with Crippen LogP contribution in [0, 0.1) is 11.8 Å². The van der Waals surface area contributed by atoms with Crippen molar-refractivity contribution in [3.05, 3.63) is 23.8 Å². The van der Waals surface area contributed by atoms with Gasteiger partial charge in [0.2, 0.25) is 5.91 Å². The van der Waals surface area contributed by atoms with E-state index in [1.54, 1.807) is 19.2 Å². The summed E-state index contributed by atoms with van der Waals surface area (Å²) in [5.41, 5.74) is 2.01. The van der Waals surface area contributed by atoms with Crippen molar-refractivity contribution in [2.24, 2.45) is 16.9 Å². The first kappa shape index (κ1) is 20.0. The Kier molecular flexibility index (Phi) is 7.14. The van der Waals surface area contributed by atoms with E-state index in [9.17, 15) is 4.79 Å². The topological polar surface area (TPSA) is 51.1 Å². The van der Waals surface area contributed by atoms with Crippen LogP contribution in [-0.4, -0.2) is 42.7 Å². The van der Waals surface area contributed by atoms with E-state index in [2.05, 4.69) is 15.9 Å². The summed E-state index contributed by atoms with van der Waals surface area (Å²) in [6.07, 6.45) is 4.24. The molecular weight excluding hydrogens is 408 g/mol. The van der Waals surface area contributed by atoms with Gasteiger partial charge in [-0.2, -0.15) is 5.10 Å². The standard InChI is InChI=1S/C18H23BrN2O3.ClH/c1-23-15-8-7-12(11-16(15)24-2)17-13-5-3-4-6-14(13)18(22)21(20-17)10-9-19;/h7-8,11,13-14H,3-6,9-10H2,1-2H3;1H/t13-,14+;/m1./s1. The summed E-state index contributed by atoms with van der Waals surface area (Å²) in [4.78, 5) is 12.7. The van der Waals surface area contributed by atoms with Crippen molar-refractivity contribution in [2.45, 2.75) is 25.7 Å². The zero-order valence-corrected chi connectivity index (χ0v) is 16.9. The lowest BCUT2D eigenvalue weighted by Crippen LogP contribution is -2.46. The van der Waals surface area contributed by atoms with E-state index in [0.717, 1.165) is 42.3 Å². The number of benzene rings is 1. The van der Waals surface area contributed by atoms with Crippen molar-refractivity contribution in [2.75, 3.05) is 26.1 Å². The molecule has 0 spiro atoms. The Morgan fingerprint density at radius 2 is 1.84 bits per heavy atom. The van der Waals surface area contributed by atoms with Gasteiger partial charge < -0.3 is 9.47 Å². The number of hydrogen-bond donors (Lipinski definition) is 0. The third-order valence-electron chi connectivity index (χ3n) is 4.89. The van der Waals surface area contributed by atoms with Crippen LogP contribution in [0.1, 0.15) is 31.2 Å². The number of carbonyl (C=O) groups excluding carboxylic acids is 1. The molecule has 0 unspecified atom stereocenters. The minimum absolute atomic E-state index is 0. The lowest BCUT2D eigenvalue weighted by atomic mass is 9.73. The van der Waals surface area contributed by atoms with Gasteiger partial charge in [-0.15, -0.1) is 12.4 Å². The number of alkyl halides is 1. The van der Waals surface area contributed by atoms with Gasteiger partial charge in [-0.05, 0) is 31.0 Å². The number of nitrogens with zero attached hydrogens (tertiary/aromatic N) is 2. The second-order valence-corrected chi connectivity index (χ2v) is 7.00. The Bertz CT molecular complexity index is 653. The van der Waals surface area contributed by atoms with Gasteiger partial charge in [0.1, 0.15) is 0 Å². The largest absolute Gasteiger partial charge is 0.493 e. The van der Waals surface area contributed by atoms with Gasteiger partial charge in [-0.25, -0.2) is 5.01 Å². The molecule has 0 aromatic heterocycles. The van der Waals surface area contributed by atoms with Crippen molar-refractivity contribution in [3.8, 4) is 11.5 Å². The van der Waals surface area contributed by atoms with Gasteiger partial charge in [0.05, 0.1) is 26.5 Å². The molecule has 1 amide bonds. The molecule has 1 saturated carbocycles. The quantitative estimate of drug-likeness (QED) is 0.665. The number of carbonyl (C=O) groups is 1. The maximum absolute atomic E-state index is 12.7. The second-order valence-electron chi connectivity index (χ2n) is 6.20. The van der Waals surface area contributed by atoms with Gasteiger partial charge in [0.15, 0.2) is 11.5 Å². The highest BCUT2D eigenvalue weighted by molar-refractivity contribution is 9.09. The first-order valence-corrected chi connectivity index (χ1v) is 9.50. The summed E-state index contributed by atoms with van der Waals surface area (Å²) >= 11 is 3.42. The Balaban J connectivity index is 0.00000225. The molecule has 138 valence electrons. The molecule has 1 aliphatic carbocycles. The minimum Gasteiger partial charge on any atom is -0.493 e. The summed E-state index contributed by atoms with van der Waals surface area (Å²) < 4.78 is 10.8. The Morgan fingerprint density at radius 1 is 1.16 bits per heavy atom. The first-order chi connectivity index (χ1) is 11.7. The van der Waals surface area contributed by atoms with Crippen LogP contribution >= 0.6 is 28.3 Å². The van der Waals surface area contributed by atoms with Crippen molar-refractivity contribution in [3.63, 3.8) is 0 Å². The van der Waals surface area contributed by atoms with Gasteiger partial charge in [-0.1, -0.05) is 28.8 Å². The van der Waals surface area contributed by atoms with Gasteiger partial charge in [0.25, 0.3) is 0 Å². The van der Waals surface area contributed by atoms with E-state index in [-0.39, 0.29) is 30.2 Å². The van der Waals surface area contributed by atoms with Crippen molar-refractivity contribution < 1.29 is 14.3 Å². The fraction of sp³-hybridized carbons (Fsp3) is 0.556. The maximum atomic E-state index is 12.7. The smallest absolute Gasteiger partial charge is 0.246 e. The number of hydrogen-bond acceptors (Lipinski definition) is 4. The van der Waals surface area contributed by atoms with E-state index >= 15 is 0 Å². The molecule has 0 saturated heterocycles. The number of amides is 1. The maximum Gasteiger partial charge on any atom is 0.246 e. The molecule has 25 heavy (non-hydrogen) atoms. The van der Waals surface area contributed by atoms with E-state index in [4.69, 9.17) is 14.6 Å². The first-order valence-electron chi connectivity index (χ1n) is 8.37. The summed E-state index contributed by atoms with van der Waals surface area (Å²) in [6.45, 7) is 0.596. The number of rotatable bonds is 5. The molecule has 2 atom stereocenters. The average Bonchev–Trinajstić information content (AvgIpc) is 2.63. The highest BCUT2D eigenvalue weighted by Crippen LogP contribution is 2.38. The number of ether oxygens (including phenoxy) is 2. The molecule has 1 aromatic carbocycles. The van der Waals surface area contributed by atoms with Crippen LogP contribution in [-0.2, 0) is 4.79 Å². The molecule has 5 nitrogen and oxygen atoms in total. The van der Waals surface area contributed by atoms with E-state index in [1.165, 1.54) is 0 Å². The molecular formula is C18H24BrClN2O3. The molecule has 1 fully saturated rings. The minimum atomic E-state index is 0. The third-order valence-corrected chi connectivity index (χ3v) is 5.25. The van der Waals surface area contributed by atoms with Gasteiger partial charge in [-0.3, -0.25) is 4.79 Å². The highest BCUT2D eigenvalue weighted by Gasteiger charge is 2.41. The molecule has 0 bridgehead atoms. The average molecular weight is 432 g/mol. The molecule has 0 N–H and O–H groups in total. The van der Waals surface area contributed by atoms with Crippen LogP contribution in [0.15, 0.2) is 23.3 Å². The Labute approximate surface area is 163 Å². The van der Waals surface area contributed by atoms with Gasteiger partial charge in [0, 0.05) is 22.7 Å². The molecule has 1 aliphatic heterocycles. The van der Waals surface area contributed by atoms with Crippen LogP contribution in [0.5, 0.6) is 11.5 Å². The normalized spacial score (nSPS) is 22.6. The SMILES string of the molecule is COc1ccc(C2=NN(CCBr)C(=O)[C@H]3CCCC[C@@H]23)cc1OC.Cl. The van der Waals surface area contributed by atoms with Crippen LogP contribution in [0.3, 0.4) is 0 Å². The highest BCUT2D eigenvalue weighted by atomic mass is 79.9. The number of fused-ring (bicyclic) bond motifs is 1. The molecule has 3 rings (SSSR count).